The number of unbranched alkanes of at least 4 members (excludes halogenated alkanes) is 1. The number of rotatable bonds is 9. The number of piperidine rings is 1. The predicted octanol–water partition coefficient (Wildman–Crippen LogP) is 3.38. The zero-order chi connectivity index (χ0) is 21.3. The average molecular weight is 434 g/mol. The number of likely N-dealkylation sites (tertiary alicyclic amines) is 1. The summed E-state index contributed by atoms with van der Waals surface area (Å²) in [7, 11) is 0. The normalized spacial score (nSPS) is 14.9. The summed E-state index contributed by atoms with van der Waals surface area (Å²) in [6, 6.07) is 3.73. The van der Waals surface area contributed by atoms with Crippen molar-refractivity contribution in [2.24, 2.45) is 0 Å². The van der Waals surface area contributed by atoms with Crippen LogP contribution in [-0.4, -0.2) is 45.2 Å². The lowest BCUT2D eigenvalue weighted by Crippen LogP contribution is -2.44. The molecule has 1 amide bonds. The van der Waals surface area contributed by atoms with Crippen LogP contribution in [0.1, 0.15) is 51.0 Å². The van der Waals surface area contributed by atoms with Gasteiger partial charge < -0.3 is 15.0 Å². The number of hydrogen-bond acceptors (Lipinski definition) is 6. The third kappa shape index (κ3) is 5.72. The fourth-order valence-corrected chi connectivity index (χ4v) is 3.61. The number of halogens is 1. The molecule has 3 heterocycles. The molecule has 3 rings (SSSR count). The standard InChI is InChI=1S/C21H28ClN5O3/c1-2-3-9-16(21(29)27-11-5-4-6-12-27)30-20-18(17(22)19(28)25-26-20)24-14-15-8-7-10-23-13-15/h7-8,10,13,16H,2-6,9,11-12,14H2,1H3,(H2,24,25,28). The maximum atomic E-state index is 13.1. The lowest BCUT2D eigenvalue weighted by atomic mass is 10.1. The fraction of sp³-hybridized carbons (Fsp3) is 0.524. The van der Waals surface area contributed by atoms with Crippen molar-refractivity contribution in [3.8, 4) is 5.88 Å². The summed E-state index contributed by atoms with van der Waals surface area (Å²) in [4.78, 5) is 31.0. The van der Waals surface area contributed by atoms with Gasteiger partial charge in [0.2, 0.25) is 0 Å². The summed E-state index contributed by atoms with van der Waals surface area (Å²) in [5, 5.41) is 9.44. The number of aromatic nitrogens is 3. The van der Waals surface area contributed by atoms with Crippen LogP contribution in [0.15, 0.2) is 29.3 Å². The molecule has 0 bridgehead atoms. The first-order valence-corrected chi connectivity index (χ1v) is 10.8. The second kappa shape index (κ2) is 11.0. The summed E-state index contributed by atoms with van der Waals surface area (Å²) in [5.74, 6) is 0.0837. The van der Waals surface area contributed by atoms with Crippen molar-refractivity contribution in [1.29, 1.82) is 0 Å². The molecule has 1 fully saturated rings. The van der Waals surface area contributed by atoms with E-state index >= 15 is 0 Å². The number of nitrogens with one attached hydrogen (secondary N) is 2. The van der Waals surface area contributed by atoms with Crippen molar-refractivity contribution >= 4 is 23.2 Å². The van der Waals surface area contributed by atoms with Crippen LogP contribution in [0.2, 0.25) is 5.02 Å². The van der Waals surface area contributed by atoms with Crippen LogP contribution in [0.5, 0.6) is 5.88 Å². The van der Waals surface area contributed by atoms with E-state index in [0.29, 0.717) is 13.0 Å². The van der Waals surface area contributed by atoms with Crippen molar-refractivity contribution < 1.29 is 9.53 Å². The number of carbonyl (C=O) groups excluding carboxylic acids is 1. The van der Waals surface area contributed by atoms with Crippen LogP contribution in [0.4, 0.5) is 5.69 Å². The van der Waals surface area contributed by atoms with E-state index in [-0.39, 0.29) is 22.5 Å². The molecule has 0 radical (unpaired) electrons. The number of H-pyrrole nitrogens is 1. The molecule has 2 aromatic heterocycles. The topological polar surface area (TPSA) is 100 Å². The predicted molar refractivity (Wildman–Crippen MR) is 116 cm³/mol. The first kappa shape index (κ1) is 22.1. The fourth-order valence-electron chi connectivity index (χ4n) is 3.42. The van der Waals surface area contributed by atoms with Crippen LogP contribution in [-0.2, 0) is 11.3 Å². The maximum absolute atomic E-state index is 13.1. The molecule has 9 heteroatoms. The van der Waals surface area contributed by atoms with Gasteiger partial charge in [0.25, 0.3) is 17.3 Å². The summed E-state index contributed by atoms with van der Waals surface area (Å²) in [6.07, 6.45) is 8.25. The molecule has 2 N–H and O–H groups in total. The Balaban J connectivity index is 1.81. The summed E-state index contributed by atoms with van der Waals surface area (Å²) in [5.41, 5.74) is 0.661. The van der Waals surface area contributed by atoms with Gasteiger partial charge in [-0.3, -0.25) is 14.6 Å². The van der Waals surface area contributed by atoms with E-state index in [0.717, 1.165) is 50.8 Å². The van der Waals surface area contributed by atoms with E-state index in [4.69, 9.17) is 16.3 Å². The molecule has 2 aromatic rings. The van der Waals surface area contributed by atoms with Gasteiger partial charge in [-0.05, 0) is 43.7 Å². The van der Waals surface area contributed by atoms with E-state index < -0.39 is 11.7 Å². The van der Waals surface area contributed by atoms with Gasteiger partial charge in [-0.2, -0.15) is 0 Å². The number of amides is 1. The first-order chi connectivity index (χ1) is 14.6. The molecule has 1 unspecified atom stereocenters. The van der Waals surface area contributed by atoms with Gasteiger partial charge in [0.1, 0.15) is 10.7 Å². The molecule has 0 saturated carbocycles. The molecule has 0 aromatic carbocycles. The Morgan fingerprint density at radius 3 is 2.87 bits per heavy atom. The monoisotopic (exact) mass is 433 g/mol. The second-order valence-corrected chi connectivity index (χ2v) is 7.77. The van der Waals surface area contributed by atoms with Gasteiger partial charge in [0.15, 0.2) is 6.10 Å². The third-order valence-corrected chi connectivity index (χ3v) is 5.46. The molecule has 162 valence electrons. The molecule has 0 spiro atoms. The lowest BCUT2D eigenvalue weighted by molar-refractivity contribution is -0.140. The number of anilines is 1. The quantitative estimate of drug-likeness (QED) is 0.628. The highest BCUT2D eigenvalue weighted by Gasteiger charge is 2.28. The molecular formula is C21H28ClN5O3. The average Bonchev–Trinajstić information content (AvgIpc) is 2.79. The SMILES string of the molecule is CCCCC(Oc1n[nH]c(=O)c(Cl)c1NCc1cccnc1)C(=O)N1CCCCC1. The highest BCUT2D eigenvalue weighted by Crippen LogP contribution is 2.29. The third-order valence-electron chi connectivity index (χ3n) is 5.10. The molecule has 30 heavy (non-hydrogen) atoms. The molecule has 0 aliphatic carbocycles. The zero-order valence-electron chi connectivity index (χ0n) is 17.2. The maximum Gasteiger partial charge on any atom is 0.285 e. The minimum atomic E-state index is -0.670. The van der Waals surface area contributed by atoms with E-state index in [9.17, 15) is 9.59 Å². The Kier molecular flexibility index (Phi) is 8.07. The Labute approximate surface area is 181 Å². The van der Waals surface area contributed by atoms with E-state index in [1.807, 2.05) is 17.0 Å². The zero-order valence-corrected chi connectivity index (χ0v) is 18.0. The second-order valence-electron chi connectivity index (χ2n) is 7.40. The van der Waals surface area contributed by atoms with Gasteiger partial charge in [-0.25, -0.2) is 5.10 Å². The highest BCUT2D eigenvalue weighted by molar-refractivity contribution is 6.33. The Morgan fingerprint density at radius 2 is 2.17 bits per heavy atom. The minimum Gasteiger partial charge on any atom is -0.462 e. The van der Waals surface area contributed by atoms with Crippen LogP contribution >= 0.6 is 11.6 Å². The Morgan fingerprint density at radius 1 is 1.37 bits per heavy atom. The molecule has 1 saturated heterocycles. The number of hydrogen-bond donors (Lipinski definition) is 2. The van der Waals surface area contributed by atoms with E-state index in [1.54, 1.807) is 12.4 Å². The Bertz CT molecular complexity index is 884. The largest absolute Gasteiger partial charge is 0.462 e. The van der Waals surface area contributed by atoms with Gasteiger partial charge in [-0.15, -0.1) is 5.10 Å². The summed E-state index contributed by atoms with van der Waals surface area (Å²) >= 11 is 6.24. The molecule has 1 atom stereocenters. The number of aromatic amines is 1. The molecule has 1 aliphatic heterocycles. The number of nitrogens with zero attached hydrogens (tertiary/aromatic N) is 3. The van der Waals surface area contributed by atoms with Crippen molar-refractivity contribution in [3.05, 3.63) is 45.5 Å². The van der Waals surface area contributed by atoms with Crippen LogP contribution in [0.25, 0.3) is 0 Å². The van der Waals surface area contributed by atoms with Gasteiger partial charge in [0.05, 0.1) is 0 Å². The number of carbonyl (C=O) groups is 1. The number of pyridine rings is 1. The molecular weight excluding hydrogens is 406 g/mol. The lowest BCUT2D eigenvalue weighted by Gasteiger charge is -2.30. The van der Waals surface area contributed by atoms with E-state index in [2.05, 4.69) is 27.4 Å². The summed E-state index contributed by atoms with van der Waals surface area (Å²) < 4.78 is 6.05. The van der Waals surface area contributed by atoms with Crippen molar-refractivity contribution in [3.63, 3.8) is 0 Å². The van der Waals surface area contributed by atoms with Crippen molar-refractivity contribution in [2.45, 2.75) is 58.1 Å². The van der Waals surface area contributed by atoms with Gasteiger partial charge in [-0.1, -0.05) is 31.0 Å². The molecule has 8 nitrogen and oxygen atoms in total. The molecule has 1 aliphatic rings. The minimum absolute atomic E-state index is 0.0366. The number of ether oxygens (including phenoxy) is 1. The first-order valence-electron chi connectivity index (χ1n) is 10.5. The Hall–Kier alpha value is -2.61. The van der Waals surface area contributed by atoms with Crippen LogP contribution < -0.4 is 15.6 Å². The summed E-state index contributed by atoms with van der Waals surface area (Å²) in [6.45, 7) is 3.95. The van der Waals surface area contributed by atoms with Gasteiger partial charge >= 0.3 is 0 Å². The van der Waals surface area contributed by atoms with E-state index in [1.165, 1.54) is 0 Å². The smallest absolute Gasteiger partial charge is 0.285 e. The van der Waals surface area contributed by atoms with Crippen molar-refractivity contribution in [1.82, 2.24) is 20.1 Å². The highest BCUT2D eigenvalue weighted by atomic mass is 35.5. The van der Waals surface area contributed by atoms with Crippen LogP contribution in [0, 0.1) is 0 Å². The van der Waals surface area contributed by atoms with Gasteiger partial charge in [0, 0.05) is 32.0 Å². The van der Waals surface area contributed by atoms with Crippen molar-refractivity contribution in [2.75, 3.05) is 18.4 Å². The van der Waals surface area contributed by atoms with Crippen LogP contribution in [0.3, 0.4) is 0 Å².